The van der Waals surface area contributed by atoms with Crippen LogP contribution in [-0.2, 0) is 4.74 Å². The van der Waals surface area contributed by atoms with Gasteiger partial charge in [-0.25, -0.2) is 0 Å². The predicted octanol–water partition coefficient (Wildman–Crippen LogP) is 2.12. The lowest BCUT2D eigenvalue weighted by Gasteiger charge is -2.24. The molecule has 3 heteroatoms. The number of ether oxygens (including phenoxy) is 1. The van der Waals surface area contributed by atoms with Crippen molar-refractivity contribution in [1.29, 1.82) is 0 Å². The number of hydrogen-bond acceptors (Lipinski definition) is 3. The second-order valence-corrected chi connectivity index (χ2v) is 4.81. The molecule has 0 spiro atoms. The van der Waals surface area contributed by atoms with Gasteiger partial charge in [-0.3, -0.25) is 0 Å². The predicted molar refractivity (Wildman–Crippen MR) is 70.0 cm³/mol. The lowest BCUT2D eigenvalue weighted by atomic mass is 10.0. The minimum absolute atomic E-state index is 0.00357. The Balaban J connectivity index is 2.44. The average Bonchev–Trinajstić information content (AvgIpc) is 2.36. The van der Waals surface area contributed by atoms with Gasteiger partial charge in [-0.2, -0.15) is 0 Å². The zero-order valence-corrected chi connectivity index (χ0v) is 10.9. The molecule has 1 atom stereocenters. The highest BCUT2D eigenvalue weighted by Gasteiger charge is 2.17. The molecular weight excluding hydrogens is 214 g/mol. The number of aliphatic hydroxyl groups excluding tert-OH is 1. The lowest BCUT2D eigenvalue weighted by Crippen LogP contribution is -2.32. The van der Waals surface area contributed by atoms with Gasteiger partial charge in [0.05, 0.1) is 18.2 Å². The van der Waals surface area contributed by atoms with E-state index in [4.69, 9.17) is 4.74 Å². The summed E-state index contributed by atoms with van der Waals surface area (Å²) in [6.45, 7) is 5.05. The maximum absolute atomic E-state index is 9.37. The third kappa shape index (κ3) is 4.86. The molecule has 0 unspecified atom stereocenters. The molecule has 1 aromatic rings. The third-order valence-electron chi connectivity index (χ3n) is 3.05. The molecule has 0 fully saturated rings. The molecule has 0 radical (unpaired) electrons. The molecule has 2 N–H and O–H groups in total. The van der Waals surface area contributed by atoms with E-state index in [1.807, 2.05) is 30.3 Å². The quantitative estimate of drug-likeness (QED) is 0.763. The summed E-state index contributed by atoms with van der Waals surface area (Å²) in [4.78, 5) is 0. The molecule has 0 heterocycles. The molecule has 1 aromatic carbocycles. The van der Waals surface area contributed by atoms with Crippen molar-refractivity contribution in [1.82, 2.24) is 5.32 Å². The van der Waals surface area contributed by atoms with Crippen LogP contribution in [0.5, 0.6) is 0 Å². The van der Waals surface area contributed by atoms with Gasteiger partial charge in [0.2, 0.25) is 0 Å². The first kappa shape index (κ1) is 14.2. The standard InChI is InChI=1S/C14H23NO2/c1-14(2,17-3)9-10-15-13(11-16)12-7-5-4-6-8-12/h4-8,13,15-16H,9-11H2,1-3H3/t13-/m0/s1. The Morgan fingerprint density at radius 2 is 1.94 bits per heavy atom. The van der Waals surface area contributed by atoms with Gasteiger partial charge in [-0.15, -0.1) is 0 Å². The highest BCUT2D eigenvalue weighted by atomic mass is 16.5. The first-order chi connectivity index (χ1) is 8.09. The smallest absolute Gasteiger partial charge is 0.0634 e. The molecule has 17 heavy (non-hydrogen) atoms. The van der Waals surface area contributed by atoms with E-state index in [9.17, 15) is 5.11 Å². The average molecular weight is 237 g/mol. The summed E-state index contributed by atoms with van der Waals surface area (Å²) in [5.41, 5.74) is 0.995. The Morgan fingerprint density at radius 3 is 2.47 bits per heavy atom. The maximum Gasteiger partial charge on any atom is 0.0634 e. The van der Waals surface area contributed by atoms with E-state index in [-0.39, 0.29) is 18.2 Å². The van der Waals surface area contributed by atoms with Gasteiger partial charge in [0.1, 0.15) is 0 Å². The highest BCUT2D eigenvalue weighted by Crippen LogP contribution is 2.15. The molecule has 0 aliphatic carbocycles. The molecule has 0 aliphatic rings. The van der Waals surface area contributed by atoms with Crippen LogP contribution in [0.15, 0.2) is 30.3 Å². The van der Waals surface area contributed by atoms with Gasteiger partial charge in [0, 0.05) is 7.11 Å². The fraction of sp³-hybridized carbons (Fsp3) is 0.571. The minimum Gasteiger partial charge on any atom is -0.394 e. The monoisotopic (exact) mass is 237 g/mol. The summed E-state index contributed by atoms with van der Waals surface area (Å²) < 4.78 is 5.36. The maximum atomic E-state index is 9.37. The van der Waals surface area contributed by atoms with Crippen LogP contribution in [0, 0.1) is 0 Å². The number of hydrogen-bond donors (Lipinski definition) is 2. The van der Waals surface area contributed by atoms with Crippen molar-refractivity contribution in [3.63, 3.8) is 0 Å². The fourth-order valence-electron chi connectivity index (χ4n) is 1.62. The van der Waals surface area contributed by atoms with E-state index in [2.05, 4.69) is 19.2 Å². The Kier molecular flexibility index (Phi) is 5.62. The van der Waals surface area contributed by atoms with Gasteiger partial charge in [-0.05, 0) is 32.4 Å². The van der Waals surface area contributed by atoms with Crippen molar-refractivity contribution >= 4 is 0 Å². The molecule has 1 rings (SSSR count). The van der Waals surface area contributed by atoms with Crippen LogP contribution in [0.25, 0.3) is 0 Å². The van der Waals surface area contributed by atoms with Crippen molar-refractivity contribution in [3.05, 3.63) is 35.9 Å². The van der Waals surface area contributed by atoms with E-state index in [0.29, 0.717) is 0 Å². The zero-order valence-electron chi connectivity index (χ0n) is 10.9. The third-order valence-corrected chi connectivity index (χ3v) is 3.05. The second kappa shape index (κ2) is 6.74. The number of benzene rings is 1. The van der Waals surface area contributed by atoms with Crippen LogP contribution in [0.1, 0.15) is 31.9 Å². The van der Waals surface area contributed by atoms with Crippen LogP contribution in [0.2, 0.25) is 0 Å². The summed E-state index contributed by atoms with van der Waals surface area (Å²) in [6, 6.07) is 10.00. The summed E-state index contributed by atoms with van der Waals surface area (Å²) in [5.74, 6) is 0. The minimum atomic E-state index is -0.121. The Bertz CT molecular complexity index is 311. The number of methoxy groups -OCH3 is 1. The topological polar surface area (TPSA) is 41.5 Å². The number of aliphatic hydroxyl groups is 1. The highest BCUT2D eigenvalue weighted by molar-refractivity contribution is 5.18. The normalized spacial score (nSPS) is 13.6. The van der Waals surface area contributed by atoms with Crippen LogP contribution < -0.4 is 5.32 Å². The molecule has 0 bridgehead atoms. The summed E-state index contributed by atoms with van der Waals surface area (Å²) in [7, 11) is 1.72. The number of nitrogens with one attached hydrogen (secondary N) is 1. The van der Waals surface area contributed by atoms with E-state index in [1.165, 1.54) is 0 Å². The summed E-state index contributed by atoms with van der Waals surface area (Å²) in [6.07, 6.45) is 0.910. The molecule has 0 saturated carbocycles. The molecule has 0 saturated heterocycles. The van der Waals surface area contributed by atoms with Crippen LogP contribution in [0.4, 0.5) is 0 Å². The summed E-state index contributed by atoms with van der Waals surface area (Å²) >= 11 is 0. The van der Waals surface area contributed by atoms with Crippen molar-refractivity contribution in [2.24, 2.45) is 0 Å². The molecule has 3 nitrogen and oxygen atoms in total. The van der Waals surface area contributed by atoms with Crippen LogP contribution >= 0.6 is 0 Å². The Labute approximate surface area is 104 Å². The first-order valence-electron chi connectivity index (χ1n) is 6.03. The van der Waals surface area contributed by atoms with Crippen LogP contribution in [0.3, 0.4) is 0 Å². The van der Waals surface area contributed by atoms with Crippen molar-refractivity contribution in [3.8, 4) is 0 Å². The Morgan fingerprint density at radius 1 is 1.29 bits per heavy atom. The van der Waals surface area contributed by atoms with Crippen LogP contribution in [-0.4, -0.2) is 31.0 Å². The zero-order chi connectivity index (χ0) is 12.7. The van der Waals surface area contributed by atoms with E-state index in [0.717, 1.165) is 18.5 Å². The van der Waals surface area contributed by atoms with Gasteiger partial charge < -0.3 is 15.2 Å². The first-order valence-corrected chi connectivity index (χ1v) is 6.03. The van der Waals surface area contributed by atoms with Gasteiger partial charge in [0.25, 0.3) is 0 Å². The largest absolute Gasteiger partial charge is 0.394 e. The SMILES string of the molecule is COC(C)(C)CCN[C@@H](CO)c1ccccc1. The lowest BCUT2D eigenvalue weighted by molar-refractivity contribution is 0.0149. The Hall–Kier alpha value is -0.900. The molecule has 96 valence electrons. The van der Waals surface area contributed by atoms with E-state index >= 15 is 0 Å². The molecular formula is C14H23NO2. The molecule has 0 aliphatic heterocycles. The second-order valence-electron chi connectivity index (χ2n) is 4.81. The molecule has 0 aromatic heterocycles. The van der Waals surface area contributed by atoms with Crippen molar-refractivity contribution in [2.45, 2.75) is 31.9 Å². The molecule has 0 amide bonds. The van der Waals surface area contributed by atoms with Gasteiger partial charge in [0.15, 0.2) is 0 Å². The number of rotatable bonds is 7. The van der Waals surface area contributed by atoms with Gasteiger partial charge in [-0.1, -0.05) is 30.3 Å². The van der Waals surface area contributed by atoms with E-state index in [1.54, 1.807) is 7.11 Å². The van der Waals surface area contributed by atoms with Gasteiger partial charge >= 0.3 is 0 Å². The summed E-state index contributed by atoms with van der Waals surface area (Å²) in [5, 5.41) is 12.7. The fourth-order valence-corrected chi connectivity index (χ4v) is 1.62. The van der Waals surface area contributed by atoms with Crippen molar-refractivity contribution in [2.75, 3.05) is 20.3 Å². The van der Waals surface area contributed by atoms with E-state index < -0.39 is 0 Å². The van der Waals surface area contributed by atoms with Crippen molar-refractivity contribution < 1.29 is 9.84 Å².